The lowest BCUT2D eigenvalue weighted by molar-refractivity contribution is 0.0984. The van der Waals surface area contributed by atoms with E-state index in [0.29, 0.717) is 27.0 Å². The molecule has 9 heteroatoms. The molecule has 0 unspecified atom stereocenters. The Hall–Kier alpha value is -3.75. The van der Waals surface area contributed by atoms with Gasteiger partial charge >= 0.3 is 0 Å². The summed E-state index contributed by atoms with van der Waals surface area (Å²) in [4.78, 5) is 24.6. The molecular weight excluding hydrogens is 470 g/mol. The third kappa shape index (κ3) is 4.02. The summed E-state index contributed by atoms with van der Waals surface area (Å²) in [5.74, 6) is 0.375. The van der Waals surface area contributed by atoms with Gasteiger partial charge in [0.05, 0.1) is 52.2 Å². The molecule has 1 amide bonds. The molecule has 0 atom stereocenters. The molecule has 0 fully saturated rings. The Morgan fingerprint density at radius 2 is 1.91 bits per heavy atom. The summed E-state index contributed by atoms with van der Waals surface area (Å²) in [6.07, 6.45) is 3.30. The van der Waals surface area contributed by atoms with Crippen molar-refractivity contribution in [3.05, 3.63) is 95.0 Å². The predicted octanol–water partition coefficient (Wildman–Crippen LogP) is 5.69. The normalized spacial score (nSPS) is 11.0. The zero-order valence-electron chi connectivity index (χ0n) is 18.5. The highest BCUT2D eigenvalue weighted by atomic mass is 35.5. The Balaban J connectivity index is 1.60. The number of benzene rings is 2. The molecule has 2 aromatic carbocycles. The minimum absolute atomic E-state index is 0.223. The van der Waals surface area contributed by atoms with Crippen molar-refractivity contribution in [1.29, 1.82) is 0 Å². The van der Waals surface area contributed by atoms with Crippen LogP contribution in [0.3, 0.4) is 0 Å². The minimum atomic E-state index is -0.223. The topological polar surface area (TPSA) is 73.1 Å². The molecule has 7 nitrogen and oxygen atoms in total. The molecule has 5 aromatic rings. The molecule has 5 rings (SSSR count). The number of pyridine rings is 1. The maximum atomic E-state index is 13.9. The van der Waals surface area contributed by atoms with Crippen molar-refractivity contribution in [3.63, 3.8) is 0 Å². The quantitative estimate of drug-likeness (QED) is 0.306. The van der Waals surface area contributed by atoms with Gasteiger partial charge in [0, 0.05) is 6.20 Å². The van der Waals surface area contributed by atoms with Crippen molar-refractivity contribution in [3.8, 4) is 11.4 Å². The van der Waals surface area contributed by atoms with Gasteiger partial charge in [-0.2, -0.15) is 5.10 Å². The summed E-state index contributed by atoms with van der Waals surface area (Å²) >= 11 is 7.78. The average Bonchev–Trinajstić information content (AvgIpc) is 3.48. The number of thiazole rings is 1. The van der Waals surface area contributed by atoms with Crippen LogP contribution in [0.25, 0.3) is 15.9 Å². The van der Waals surface area contributed by atoms with E-state index < -0.39 is 0 Å². The van der Waals surface area contributed by atoms with Gasteiger partial charge in [0.2, 0.25) is 0 Å². The number of nitrogens with zero attached hydrogens (tertiary/aromatic N) is 5. The first-order chi connectivity index (χ1) is 16.6. The van der Waals surface area contributed by atoms with Gasteiger partial charge in [0.1, 0.15) is 11.3 Å². The van der Waals surface area contributed by atoms with E-state index in [1.165, 1.54) is 11.3 Å². The van der Waals surface area contributed by atoms with Crippen molar-refractivity contribution >= 4 is 44.2 Å². The van der Waals surface area contributed by atoms with Gasteiger partial charge in [-0.15, -0.1) is 0 Å². The number of amides is 1. The number of carbonyl (C=O) groups excluding carboxylic acids is 1. The number of hydrogen-bond acceptors (Lipinski definition) is 6. The van der Waals surface area contributed by atoms with Crippen molar-refractivity contribution in [2.75, 3.05) is 12.0 Å². The van der Waals surface area contributed by atoms with Crippen LogP contribution in [0.1, 0.15) is 21.7 Å². The number of hydrogen-bond donors (Lipinski definition) is 0. The molecule has 0 aliphatic carbocycles. The van der Waals surface area contributed by atoms with Gasteiger partial charge in [0.25, 0.3) is 5.91 Å². The first-order valence-corrected chi connectivity index (χ1v) is 11.7. The average molecular weight is 490 g/mol. The van der Waals surface area contributed by atoms with Gasteiger partial charge < -0.3 is 4.74 Å². The van der Waals surface area contributed by atoms with Crippen LogP contribution >= 0.6 is 22.9 Å². The zero-order valence-corrected chi connectivity index (χ0v) is 20.0. The van der Waals surface area contributed by atoms with Crippen LogP contribution in [0.5, 0.6) is 5.75 Å². The number of carbonyl (C=O) groups is 1. The fourth-order valence-electron chi connectivity index (χ4n) is 3.70. The Morgan fingerprint density at radius 1 is 1.12 bits per heavy atom. The van der Waals surface area contributed by atoms with E-state index in [1.54, 1.807) is 41.2 Å². The minimum Gasteiger partial charge on any atom is -0.494 e. The van der Waals surface area contributed by atoms with Gasteiger partial charge in [0.15, 0.2) is 5.13 Å². The summed E-state index contributed by atoms with van der Waals surface area (Å²) in [7, 11) is 1.58. The summed E-state index contributed by atoms with van der Waals surface area (Å²) in [6.45, 7) is 2.12. The summed E-state index contributed by atoms with van der Waals surface area (Å²) in [5.41, 5.74) is 3.45. The van der Waals surface area contributed by atoms with E-state index in [1.807, 2.05) is 55.5 Å². The van der Waals surface area contributed by atoms with Crippen LogP contribution in [0.4, 0.5) is 5.13 Å². The Morgan fingerprint density at radius 3 is 2.65 bits per heavy atom. The van der Waals surface area contributed by atoms with Crippen LogP contribution in [-0.4, -0.2) is 32.8 Å². The fraction of sp³-hybridized carbons (Fsp3) is 0.120. The van der Waals surface area contributed by atoms with E-state index in [4.69, 9.17) is 21.3 Å². The van der Waals surface area contributed by atoms with Gasteiger partial charge in [-0.25, -0.2) is 9.67 Å². The zero-order chi connectivity index (χ0) is 23.7. The SMILES string of the molecule is COc1ccc(Cl)c2sc(N(Cc3ccccn3)C(=O)c3cnn(-c4ccccc4)c3C)nc12. The largest absolute Gasteiger partial charge is 0.494 e. The number of para-hydroxylation sites is 1. The van der Waals surface area contributed by atoms with E-state index in [9.17, 15) is 4.79 Å². The molecule has 0 saturated heterocycles. The van der Waals surface area contributed by atoms with Crippen LogP contribution in [-0.2, 0) is 6.54 Å². The molecule has 170 valence electrons. The Labute approximate surface area is 205 Å². The van der Waals surface area contributed by atoms with E-state index in [0.717, 1.165) is 21.8 Å². The van der Waals surface area contributed by atoms with Crippen LogP contribution in [0.15, 0.2) is 73.1 Å². The van der Waals surface area contributed by atoms with E-state index in [-0.39, 0.29) is 12.5 Å². The predicted molar refractivity (Wildman–Crippen MR) is 134 cm³/mol. The molecule has 0 radical (unpaired) electrons. The monoisotopic (exact) mass is 489 g/mol. The highest BCUT2D eigenvalue weighted by molar-refractivity contribution is 7.23. The molecule has 0 spiro atoms. The number of ether oxygens (including phenoxy) is 1. The maximum absolute atomic E-state index is 13.9. The second kappa shape index (κ2) is 9.24. The molecule has 0 aliphatic heterocycles. The third-order valence-corrected chi connectivity index (χ3v) is 6.97. The smallest absolute Gasteiger partial charge is 0.263 e. The van der Waals surface area contributed by atoms with Crippen molar-refractivity contribution in [2.24, 2.45) is 0 Å². The number of rotatable bonds is 6. The van der Waals surface area contributed by atoms with Gasteiger partial charge in [-0.3, -0.25) is 14.7 Å². The molecule has 0 aliphatic rings. The second-order valence-electron chi connectivity index (χ2n) is 7.53. The van der Waals surface area contributed by atoms with Crippen molar-refractivity contribution in [2.45, 2.75) is 13.5 Å². The summed E-state index contributed by atoms with van der Waals surface area (Å²) in [5, 5.41) is 5.53. The highest BCUT2D eigenvalue weighted by Crippen LogP contribution is 2.39. The third-order valence-electron chi connectivity index (χ3n) is 5.43. The number of anilines is 1. The van der Waals surface area contributed by atoms with Gasteiger partial charge in [-0.1, -0.05) is 47.2 Å². The molecule has 3 heterocycles. The van der Waals surface area contributed by atoms with Crippen LogP contribution < -0.4 is 9.64 Å². The molecule has 3 aromatic heterocycles. The second-order valence-corrected chi connectivity index (χ2v) is 8.91. The summed E-state index contributed by atoms with van der Waals surface area (Å²) < 4.78 is 7.98. The highest BCUT2D eigenvalue weighted by Gasteiger charge is 2.27. The number of fused-ring (bicyclic) bond motifs is 1. The van der Waals surface area contributed by atoms with Crippen molar-refractivity contribution < 1.29 is 9.53 Å². The molecule has 0 saturated carbocycles. The number of halogens is 1. The number of methoxy groups -OCH3 is 1. The van der Waals surface area contributed by atoms with Crippen LogP contribution in [0, 0.1) is 6.92 Å². The molecule has 0 N–H and O–H groups in total. The fourth-order valence-corrected chi connectivity index (χ4v) is 4.95. The molecular formula is C25H20ClN5O2S. The lowest BCUT2D eigenvalue weighted by Gasteiger charge is -2.19. The molecule has 34 heavy (non-hydrogen) atoms. The standard InChI is InChI=1S/C25H20ClN5O2S/c1-16-19(14-28-31(16)18-9-4-3-5-10-18)24(32)30(15-17-8-6-7-13-27-17)25-29-22-21(33-2)12-11-20(26)23(22)34-25/h3-14H,15H2,1-2H3. The summed E-state index contributed by atoms with van der Waals surface area (Å²) in [6, 6.07) is 18.8. The van der Waals surface area contributed by atoms with Gasteiger partial charge in [-0.05, 0) is 43.3 Å². The van der Waals surface area contributed by atoms with Crippen LogP contribution in [0.2, 0.25) is 5.02 Å². The first kappa shape index (κ1) is 22.1. The van der Waals surface area contributed by atoms with E-state index in [2.05, 4.69) is 10.1 Å². The Kier molecular flexibility index (Phi) is 6.00. The number of aromatic nitrogens is 4. The lowest BCUT2D eigenvalue weighted by Crippen LogP contribution is -2.31. The lowest BCUT2D eigenvalue weighted by atomic mass is 10.2. The first-order valence-electron chi connectivity index (χ1n) is 10.5. The molecule has 0 bridgehead atoms. The Bertz CT molecular complexity index is 1470. The maximum Gasteiger partial charge on any atom is 0.263 e. The van der Waals surface area contributed by atoms with E-state index >= 15 is 0 Å². The van der Waals surface area contributed by atoms with Crippen molar-refractivity contribution in [1.82, 2.24) is 19.7 Å².